The molecule has 0 aliphatic carbocycles. The Bertz CT molecular complexity index is 208. The van der Waals surface area contributed by atoms with Crippen LogP contribution in [0.25, 0.3) is 0 Å². The molecule has 5 heteroatoms. The van der Waals surface area contributed by atoms with Gasteiger partial charge in [0.15, 0.2) is 0 Å². The van der Waals surface area contributed by atoms with Gasteiger partial charge in [0.1, 0.15) is 0 Å². The fourth-order valence-corrected chi connectivity index (χ4v) is 1.05. The van der Waals surface area contributed by atoms with Gasteiger partial charge in [-0.3, -0.25) is 0 Å². The van der Waals surface area contributed by atoms with Crippen LogP contribution in [0.5, 0.6) is 0 Å². The molecule has 0 bridgehead atoms. The molecule has 0 aromatic rings. The van der Waals surface area contributed by atoms with E-state index in [0.717, 1.165) is 5.57 Å². The van der Waals surface area contributed by atoms with Gasteiger partial charge in [-0.1, -0.05) is 5.57 Å². The standard InChI is InChI=1S/C6H12O3S.Na/c1-6(2)4-3-5-10(7,8)9;/h1,3-5H2,2H3,(H,7,8,9);/q;+1/p-1. The molecule has 3 nitrogen and oxygen atoms in total. The summed E-state index contributed by atoms with van der Waals surface area (Å²) in [5.41, 5.74) is 0.906. The van der Waals surface area contributed by atoms with E-state index >= 15 is 0 Å². The fourth-order valence-electron chi connectivity index (χ4n) is 0.551. The first kappa shape index (κ1) is 14.2. The Morgan fingerprint density at radius 2 is 2.00 bits per heavy atom. The number of rotatable bonds is 4. The van der Waals surface area contributed by atoms with Crippen molar-refractivity contribution < 1.29 is 42.5 Å². The second kappa shape index (κ2) is 6.20. The molecule has 0 radical (unpaired) electrons. The fraction of sp³-hybridized carbons (Fsp3) is 0.667. The number of hydrogen-bond acceptors (Lipinski definition) is 3. The maximum atomic E-state index is 10.0. The van der Waals surface area contributed by atoms with Gasteiger partial charge in [0, 0.05) is 5.75 Å². The molecule has 0 N–H and O–H groups in total. The van der Waals surface area contributed by atoms with Crippen LogP contribution in [0.15, 0.2) is 12.2 Å². The number of hydrogen-bond donors (Lipinski definition) is 0. The topological polar surface area (TPSA) is 57.2 Å². The zero-order valence-corrected chi connectivity index (χ0v) is 9.78. The molecule has 0 aliphatic heterocycles. The molecule has 0 amide bonds. The Kier molecular flexibility index (Phi) is 7.99. The molecule has 0 spiro atoms. The van der Waals surface area contributed by atoms with Gasteiger partial charge in [0.05, 0.1) is 10.1 Å². The molecule has 11 heavy (non-hydrogen) atoms. The second-order valence-corrected chi connectivity index (χ2v) is 3.85. The molecule has 0 saturated heterocycles. The average Bonchev–Trinajstić information content (AvgIpc) is 1.59. The summed E-state index contributed by atoms with van der Waals surface area (Å²) in [7, 11) is -4.01. The second-order valence-electron chi connectivity index (χ2n) is 2.32. The normalized spacial score (nSPS) is 10.4. The first-order valence-corrected chi connectivity index (χ1v) is 4.57. The molecule has 0 atom stereocenters. The van der Waals surface area contributed by atoms with Gasteiger partial charge in [-0.25, -0.2) is 8.42 Å². The molecule has 0 saturated carbocycles. The summed E-state index contributed by atoms with van der Waals surface area (Å²) >= 11 is 0. The smallest absolute Gasteiger partial charge is 0.748 e. The molecule has 0 aliphatic rings. The van der Waals surface area contributed by atoms with Gasteiger partial charge < -0.3 is 4.55 Å². The van der Waals surface area contributed by atoms with E-state index in [1.54, 1.807) is 6.92 Å². The average molecular weight is 186 g/mol. The molecule has 0 rings (SSSR count). The van der Waals surface area contributed by atoms with Crippen molar-refractivity contribution in [1.29, 1.82) is 0 Å². The van der Waals surface area contributed by atoms with Crippen LogP contribution < -0.4 is 29.6 Å². The predicted octanol–water partition coefficient (Wildman–Crippen LogP) is -2.11. The quantitative estimate of drug-likeness (QED) is 0.287. The zero-order valence-electron chi connectivity index (χ0n) is 6.96. The third kappa shape index (κ3) is 13.6. The van der Waals surface area contributed by atoms with Crippen LogP contribution in [-0.4, -0.2) is 18.7 Å². The van der Waals surface area contributed by atoms with E-state index < -0.39 is 10.1 Å². The van der Waals surface area contributed by atoms with Gasteiger partial charge in [-0.15, -0.1) is 6.58 Å². The Labute approximate surface area is 89.9 Å². The predicted molar refractivity (Wildman–Crippen MR) is 38.6 cm³/mol. The van der Waals surface area contributed by atoms with Crippen LogP contribution in [0.1, 0.15) is 19.8 Å². The van der Waals surface area contributed by atoms with E-state index in [4.69, 9.17) is 0 Å². The molecular formula is C6H11NaO3S. The largest absolute Gasteiger partial charge is 1.00 e. The molecule has 0 unspecified atom stereocenters. The van der Waals surface area contributed by atoms with Crippen molar-refractivity contribution in [2.45, 2.75) is 19.8 Å². The van der Waals surface area contributed by atoms with E-state index in [1.807, 2.05) is 0 Å². The molecule has 0 aromatic carbocycles. The van der Waals surface area contributed by atoms with Gasteiger partial charge in [0.25, 0.3) is 0 Å². The third-order valence-electron chi connectivity index (χ3n) is 0.998. The summed E-state index contributed by atoms with van der Waals surface area (Å²) < 4.78 is 30.1. The molecule has 0 fully saturated rings. The van der Waals surface area contributed by atoms with E-state index in [1.165, 1.54) is 0 Å². The van der Waals surface area contributed by atoms with Crippen molar-refractivity contribution in [3.63, 3.8) is 0 Å². The van der Waals surface area contributed by atoms with E-state index in [0.29, 0.717) is 12.8 Å². The van der Waals surface area contributed by atoms with Gasteiger partial charge >= 0.3 is 29.6 Å². The van der Waals surface area contributed by atoms with Crippen LogP contribution >= 0.6 is 0 Å². The summed E-state index contributed by atoms with van der Waals surface area (Å²) in [6.45, 7) is 5.38. The Morgan fingerprint density at radius 3 is 2.27 bits per heavy atom. The molecule has 0 aromatic heterocycles. The van der Waals surface area contributed by atoms with Crippen LogP contribution in [0, 0.1) is 0 Å². The first-order valence-electron chi connectivity index (χ1n) is 3.00. The van der Waals surface area contributed by atoms with Crippen LogP contribution in [0.2, 0.25) is 0 Å². The molecular weight excluding hydrogens is 175 g/mol. The minimum atomic E-state index is -4.01. The Balaban J connectivity index is 0. The van der Waals surface area contributed by atoms with Gasteiger partial charge in [-0.2, -0.15) is 0 Å². The van der Waals surface area contributed by atoms with E-state index in [9.17, 15) is 13.0 Å². The van der Waals surface area contributed by atoms with E-state index in [-0.39, 0.29) is 35.3 Å². The van der Waals surface area contributed by atoms with Crippen LogP contribution in [-0.2, 0) is 10.1 Å². The molecule has 0 heterocycles. The van der Waals surface area contributed by atoms with Crippen molar-refractivity contribution in [3.05, 3.63) is 12.2 Å². The molecule has 60 valence electrons. The van der Waals surface area contributed by atoms with Crippen LogP contribution in [0.3, 0.4) is 0 Å². The maximum absolute atomic E-state index is 10.0. The summed E-state index contributed by atoms with van der Waals surface area (Å²) in [4.78, 5) is 0. The third-order valence-corrected chi connectivity index (χ3v) is 1.79. The van der Waals surface area contributed by atoms with Crippen molar-refractivity contribution in [2.75, 3.05) is 5.75 Å². The van der Waals surface area contributed by atoms with Crippen molar-refractivity contribution in [1.82, 2.24) is 0 Å². The Morgan fingerprint density at radius 1 is 1.55 bits per heavy atom. The summed E-state index contributed by atoms with van der Waals surface area (Å²) in [5.74, 6) is -0.278. The van der Waals surface area contributed by atoms with E-state index in [2.05, 4.69) is 6.58 Å². The van der Waals surface area contributed by atoms with Gasteiger partial charge in [-0.05, 0) is 19.8 Å². The minimum Gasteiger partial charge on any atom is -0.748 e. The van der Waals surface area contributed by atoms with Crippen molar-refractivity contribution in [3.8, 4) is 0 Å². The number of allylic oxidation sites excluding steroid dienone is 1. The summed E-state index contributed by atoms with van der Waals surface area (Å²) in [6, 6.07) is 0. The SMILES string of the molecule is C=C(C)CCCS(=O)(=O)[O-].[Na+]. The zero-order chi connectivity index (χ0) is 8.20. The first-order chi connectivity index (χ1) is 4.42. The maximum Gasteiger partial charge on any atom is 1.00 e. The van der Waals surface area contributed by atoms with Crippen molar-refractivity contribution >= 4 is 10.1 Å². The Hall–Kier alpha value is 0.650. The van der Waals surface area contributed by atoms with Gasteiger partial charge in [0.2, 0.25) is 0 Å². The van der Waals surface area contributed by atoms with Crippen LogP contribution in [0.4, 0.5) is 0 Å². The van der Waals surface area contributed by atoms with Crippen molar-refractivity contribution in [2.24, 2.45) is 0 Å². The minimum absolute atomic E-state index is 0. The summed E-state index contributed by atoms with van der Waals surface area (Å²) in [5, 5.41) is 0. The summed E-state index contributed by atoms with van der Waals surface area (Å²) in [6.07, 6.45) is 1.00. The monoisotopic (exact) mass is 186 g/mol.